The zero-order chi connectivity index (χ0) is 18.4. The molecule has 0 radical (unpaired) electrons. The van der Waals surface area contributed by atoms with E-state index in [1.54, 1.807) is 18.2 Å². The van der Waals surface area contributed by atoms with Gasteiger partial charge >= 0.3 is 5.97 Å². The molecule has 1 saturated carbocycles. The van der Waals surface area contributed by atoms with E-state index < -0.39 is 0 Å². The Morgan fingerprint density at radius 2 is 1.73 bits per heavy atom. The summed E-state index contributed by atoms with van der Waals surface area (Å²) in [5.41, 5.74) is 12.8. The van der Waals surface area contributed by atoms with Crippen LogP contribution >= 0.6 is 0 Å². The Labute approximate surface area is 153 Å². The summed E-state index contributed by atoms with van der Waals surface area (Å²) < 4.78 is 17.0. The SMILES string of the molecule is Nc1cc(N)cc(C(=O)OC2CCC(OCOC3=CC=CCC3)CC2)c1. The van der Waals surface area contributed by atoms with Gasteiger partial charge in [0.15, 0.2) is 6.79 Å². The van der Waals surface area contributed by atoms with Crippen molar-refractivity contribution in [3.8, 4) is 0 Å². The van der Waals surface area contributed by atoms with E-state index in [-0.39, 0.29) is 25.0 Å². The predicted octanol–water partition coefficient (Wildman–Crippen LogP) is 3.54. The maximum atomic E-state index is 12.2. The van der Waals surface area contributed by atoms with Crippen molar-refractivity contribution in [2.75, 3.05) is 18.3 Å². The van der Waals surface area contributed by atoms with E-state index in [1.807, 2.05) is 12.2 Å². The van der Waals surface area contributed by atoms with Gasteiger partial charge < -0.3 is 25.7 Å². The van der Waals surface area contributed by atoms with E-state index in [2.05, 4.69) is 6.08 Å². The fourth-order valence-electron chi connectivity index (χ4n) is 3.24. The van der Waals surface area contributed by atoms with Crippen LogP contribution in [0.4, 0.5) is 11.4 Å². The highest BCUT2D eigenvalue weighted by Gasteiger charge is 2.25. The molecule has 0 spiro atoms. The summed E-state index contributed by atoms with van der Waals surface area (Å²) in [5.74, 6) is 0.588. The van der Waals surface area contributed by atoms with Crippen molar-refractivity contribution in [3.05, 3.63) is 47.7 Å². The van der Waals surface area contributed by atoms with Gasteiger partial charge in [0, 0.05) is 17.8 Å². The molecule has 0 bridgehead atoms. The van der Waals surface area contributed by atoms with Crippen LogP contribution in [0.15, 0.2) is 42.2 Å². The van der Waals surface area contributed by atoms with Crippen molar-refractivity contribution in [1.82, 2.24) is 0 Å². The molecule has 0 aromatic heterocycles. The smallest absolute Gasteiger partial charge is 0.338 e. The van der Waals surface area contributed by atoms with Gasteiger partial charge in [-0.3, -0.25) is 0 Å². The number of esters is 1. The number of nitrogen functional groups attached to an aromatic ring is 2. The molecule has 0 aliphatic heterocycles. The van der Waals surface area contributed by atoms with Gasteiger partial charge in [-0.05, 0) is 56.4 Å². The first-order valence-electron chi connectivity index (χ1n) is 9.07. The first-order chi connectivity index (χ1) is 12.6. The van der Waals surface area contributed by atoms with E-state index in [0.717, 1.165) is 44.3 Å². The quantitative estimate of drug-likeness (QED) is 0.459. The van der Waals surface area contributed by atoms with Crippen LogP contribution in [-0.4, -0.2) is 25.0 Å². The molecule has 0 heterocycles. The second kappa shape index (κ2) is 8.76. The molecule has 140 valence electrons. The number of hydrogen-bond acceptors (Lipinski definition) is 6. The van der Waals surface area contributed by atoms with Crippen LogP contribution in [0.5, 0.6) is 0 Å². The highest BCUT2D eigenvalue weighted by atomic mass is 16.7. The molecule has 0 amide bonds. The molecule has 6 heteroatoms. The van der Waals surface area contributed by atoms with Crippen molar-refractivity contribution >= 4 is 17.3 Å². The Hall–Kier alpha value is -2.47. The zero-order valence-corrected chi connectivity index (χ0v) is 14.9. The molecule has 6 nitrogen and oxygen atoms in total. The summed E-state index contributed by atoms with van der Waals surface area (Å²) in [6.45, 7) is 0.275. The Morgan fingerprint density at radius 3 is 2.38 bits per heavy atom. The van der Waals surface area contributed by atoms with Crippen LogP contribution in [0.3, 0.4) is 0 Å². The van der Waals surface area contributed by atoms with Crippen LogP contribution in [0.25, 0.3) is 0 Å². The highest BCUT2D eigenvalue weighted by Crippen LogP contribution is 2.25. The predicted molar refractivity (Wildman–Crippen MR) is 100 cm³/mol. The number of carbonyl (C=O) groups excluding carboxylic acids is 1. The van der Waals surface area contributed by atoms with Crippen molar-refractivity contribution in [2.45, 2.75) is 50.7 Å². The normalized spacial score (nSPS) is 22.5. The number of allylic oxidation sites excluding steroid dienone is 4. The highest BCUT2D eigenvalue weighted by molar-refractivity contribution is 5.91. The Morgan fingerprint density at radius 1 is 1.04 bits per heavy atom. The van der Waals surface area contributed by atoms with Gasteiger partial charge in [0.05, 0.1) is 17.4 Å². The molecule has 1 aromatic rings. The Balaban J connectivity index is 1.38. The Kier molecular flexibility index (Phi) is 6.17. The van der Waals surface area contributed by atoms with Crippen LogP contribution in [-0.2, 0) is 14.2 Å². The van der Waals surface area contributed by atoms with E-state index in [9.17, 15) is 4.79 Å². The van der Waals surface area contributed by atoms with Crippen LogP contribution < -0.4 is 11.5 Å². The molecular formula is C20H26N2O4. The summed E-state index contributed by atoms with van der Waals surface area (Å²) in [4.78, 5) is 12.2. The Bertz CT molecular complexity index is 671. The van der Waals surface area contributed by atoms with E-state index in [4.69, 9.17) is 25.7 Å². The zero-order valence-electron chi connectivity index (χ0n) is 14.9. The monoisotopic (exact) mass is 358 g/mol. The lowest BCUT2D eigenvalue weighted by atomic mass is 9.95. The molecule has 0 unspecified atom stereocenters. The molecule has 4 N–H and O–H groups in total. The summed E-state index contributed by atoms with van der Waals surface area (Å²) in [7, 11) is 0. The minimum Gasteiger partial charge on any atom is -0.472 e. The lowest BCUT2D eigenvalue weighted by Crippen LogP contribution is -2.29. The maximum Gasteiger partial charge on any atom is 0.338 e. The third-order valence-corrected chi connectivity index (χ3v) is 4.63. The summed E-state index contributed by atoms with van der Waals surface area (Å²) >= 11 is 0. The molecule has 1 fully saturated rings. The minimum atomic E-state index is -0.381. The molecular weight excluding hydrogens is 332 g/mol. The molecule has 1 aromatic carbocycles. The number of carbonyl (C=O) groups is 1. The van der Waals surface area contributed by atoms with Gasteiger partial charge in [0.1, 0.15) is 6.10 Å². The topological polar surface area (TPSA) is 96.8 Å². The van der Waals surface area contributed by atoms with Gasteiger partial charge in [0.2, 0.25) is 0 Å². The number of nitrogens with two attached hydrogens (primary N) is 2. The van der Waals surface area contributed by atoms with E-state index in [0.29, 0.717) is 16.9 Å². The number of anilines is 2. The van der Waals surface area contributed by atoms with Gasteiger partial charge in [-0.25, -0.2) is 4.79 Å². The largest absolute Gasteiger partial charge is 0.472 e. The van der Waals surface area contributed by atoms with Gasteiger partial charge in [-0.15, -0.1) is 0 Å². The number of rotatable bonds is 6. The van der Waals surface area contributed by atoms with Crippen molar-refractivity contribution in [2.24, 2.45) is 0 Å². The third-order valence-electron chi connectivity index (χ3n) is 4.63. The fourth-order valence-corrected chi connectivity index (χ4v) is 3.24. The van der Waals surface area contributed by atoms with Gasteiger partial charge in [-0.2, -0.15) is 0 Å². The lowest BCUT2D eigenvalue weighted by molar-refractivity contribution is -0.0894. The average Bonchev–Trinajstić information content (AvgIpc) is 2.63. The molecule has 2 aliphatic carbocycles. The second-order valence-electron chi connectivity index (χ2n) is 6.72. The number of ether oxygens (including phenoxy) is 3. The van der Waals surface area contributed by atoms with E-state index in [1.165, 1.54) is 0 Å². The van der Waals surface area contributed by atoms with Crippen molar-refractivity contribution in [3.63, 3.8) is 0 Å². The summed E-state index contributed by atoms with van der Waals surface area (Å²) in [6.07, 6.45) is 11.3. The van der Waals surface area contributed by atoms with E-state index >= 15 is 0 Å². The van der Waals surface area contributed by atoms with Crippen LogP contribution in [0.2, 0.25) is 0 Å². The summed E-state index contributed by atoms with van der Waals surface area (Å²) in [6, 6.07) is 4.78. The molecule has 2 aliphatic rings. The summed E-state index contributed by atoms with van der Waals surface area (Å²) in [5, 5.41) is 0. The first kappa shape index (κ1) is 18.3. The fraction of sp³-hybridized carbons (Fsp3) is 0.450. The van der Waals surface area contributed by atoms with Crippen molar-refractivity contribution < 1.29 is 19.0 Å². The standard InChI is InChI=1S/C20H26N2O4/c21-15-10-14(11-16(22)12-15)20(23)26-19-8-6-18(7-9-19)25-13-24-17-4-2-1-3-5-17/h1-2,4,10-12,18-19H,3,5-9,13,21-22H2. The molecule has 0 atom stereocenters. The lowest BCUT2D eigenvalue weighted by Gasteiger charge is -2.28. The van der Waals surface area contributed by atoms with Gasteiger partial charge in [0.25, 0.3) is 0 Å². The van der Waals surface area contributed by atoms with Crippen LogP contribution in [0.1, 0.15) is 48.9 Å². The third kappa shape index (κ3) is 5.26. The molecule has 3 rings (SSSR count). The second-order valence-corrected chi connectivity index (χ2v) is 6.72. The van der Waals surface area contributed by atoms with Crippen LogP contribution in [0, 0.1) is 0 Å². The number of hydrogen-bond donors (Lipinski definition) is 2. The van der Waals surface area contributed by atoms with Crippen molar-refractivity contribution in [1.29, 1.82) is 0 Å². The maximum absolute atomic E-state index is 12.2. The minimum absolute atomic E-state index is 0.0999. The molecule has 26 heavy (non-hydrogen) atoms. The number of benzene rings is 1. The molecule has 0 saturated heterocycles. The average molecular weight is 358 g/mol. The van der Waals surface area contributed by atoms with Gasteiger partial charge in [-0.1, -0.05) is 12.2 Å². The first-order valence-corrected chi connectivity index (χ1v) is 9.07.